The van der Waals surface area contributed by atoms with Gasteiger partial charge in [0.1, 0.15) is 0 Å². The highest BCUT2D eigenvalue weighted by Crippen LogP contribution is 2.32. The van der Waals surface area contributed by atoms with Crippen molar-refractivity contribution in [2.75, 3.05) is 24.3 Å². The predicted molar refractivity (Wildman–Crippen MR) is 142 cm³/mol. The van der Waals surface area contributed by atoms with Gasteiger partial charge in [-0.15, -0.1) is 0 Å². The molecule has 3 aromatic carbocycles. The molecule has 4 rings (SSSR count). The van der Waals surface area contributed by atoms with Crippen LogP contribution < -0.4 is 15.8 Å². The summed E-state index contributed by atoms with van der Waals surface area (Å²) in [5.41, 5.74) is 3.16. The van der Waals surface area contributed by atoms with E-state index in [-0.39, 0.29) is 5.56 Å². The number of aromatic amines is 1. The Morgan fingerprint density at radius 3 is 2.16 bits per heavy atom. The third-order valence-corrected chi connectivity index (χ3v) is 5.75. The lowest BCUT2D eigenvalue weighted by Crippen LogP contribution is -2.09. The summed E-state index contributed by atoms with van der Waals surface area (Å²) < 4.78 is 39.2. The number of allylic oxidation sites excluding steroid dienone is 2. The number of aromatic nitrogens is 1. The standard InChI is InChI=1S/C29H24F3N3O2/c1-35(2)22-15-11-20(12-16-22)23(19-9-13-21(14-10-19)29(30,31)32)5-3-8-27(36)33-25-6-4-7-26-24(25)17-18-28(37)34-26/h3-18H,1-2H3,(H,33,36)(H,34,37)/b8-3+,23-5-. The number of carbonyl (C=O) groups excluding carboxylic acids is 1. The van der Waals surface area contributed by atoms with E-state index in [2.05, 4.69) is 10.3 Å². The number of pyridine rings is 1. The van der Waals surface area contributed by atoms with Gasteiger partial charge >= 0.3 is 6.18 Å². The van der Waals surface area contributed by atoms with Crippen molar-refractivity contribution in [2.24, 2.45) is 0 Å². The number of halogens is 3. The maximum atomic E-state index is 13.1. The summed E-state index contributed by atoms with van der Waals surface area (Å²) in [5.74, 6) is -0.398. The van der Waals surface area contributed by atoms with Gasteiger partial charge in [-0.1, -0.05) is 42.5 Å². The van der Waals surface area contributed by atoms with Gasteiger partial charge in [-0.05, 0) is 59.2 Å². The second-order valence-corrected chi connectivity index (χ2v) is 8.53. The Bertz CT molecular complexity index is 1530. The predicted octanol–water partition coefficient (Wildman–Crippen LogP) is 6.24. The summed E-state index contributed by atoms with van der Waals surface area (Å²) in [5, 5.41) is 3.48. The van der Waals surface area contributed by atoms with E-state index in [1.54, 1.807) is 36.4 Å². The van der Waals surface area contributed by atoms with Crippen LogP contribution in [0.15, 0.2) is 102 Å². The minimum absolute atomic E-state index is 0.240. The number of fused-ring (bicyclic) bond motifs is 1. The molecular weight excluding hydrogens is 479 g/mol. The Morgan fingerprint density at radius 2 is 1.54 bits per heavy atom. The Balaban J connectivity index is 1.63. The molecule has 0 aliphatic rings. The quantitative estimate of drug-likeness (QED) is 0.242. The molecule has 0 aliphatic heterocycles. The van der Waals surface area contributed by atoms with Crippen LogP contribution in [0.2, 0.25) is 0 Å². The first-order valence-electron chi connectivity index (χ1n) is 11.4. The number of H-pyrrole nitrogens is 1. The van der Waals surface area contributed by atoms with Gasteiger partial charge in [0.2, 0.25) is 11.5 Å². The maximum absolute atomic E-state index is 13.1. The first-order chi connectivity index (χ1) is 17.6. The molecule has 0 radical (unpaired) electrons. The number of hydrogen-bond acceptors (Lipinski definition) is 3. The second-order valence-electron chi connectivity index (χ2n) is 8.53. The third kappa shape index (κ3) is 6.16. The van der Waals surface area contributed by atoms with Crippen molar-refractivity contribution in [3.63, 3.8) is 0 Å². The Labute approximate surface area is 211 Å². The SMILES string of the molecule is CN(C)c1ccc(/C(=C\C=C\C(=O)Nc2cccc3[nH]c(=O)ccc23)c2ccc(C(F)(F)F)cc2)cc1. The summed E-state index contributed by atoms with van der Waals surface area (Å²) in [6.07, 6.45) is 0.147. The topological polar surface area (TPSA) is 65.2 Å². The van der Waals surface area contributed by atoms with E-state index in [0.717, 1.165) is 23.4 Å². The number of nitrogens with one attached hydrogen (secondary N) is 2. The smallest absolute Gasteiger partial charge is 0.378 e. The van der Waals surface area contributed by atoms with Gasteiger partial charge in [0.05, 0.1) is 16.8 Å². The largest absolute Gasteiger partial charge is 0.416 e. The lowest BCUT2D eigenvalue weighted by atomic mass is 9.96. The minimum Gasteiger partial charge on any atom is -0.378 e. The molecule has 0 saturated heterocycles. The molecule has 37 heavy (non-hydrogen) atoms. The van der Waals surface area contributed by atoms with Crippen LogP contribution in [0.1, 0.15) is 16.7 Å². The highest BCUT2D eigenvalue weighted by molar-refractivity contribution is 6.05. The van der Waals surface area contributed by atoms with E-state index in [1.165, 1.54) is 24.3 Å². The van der Waals surface area contributed by atoms with Crippen LogP contribution in [-0.4, -0.2) is 25.0 Å². The van der Waals surface area contributed by atoms with E-state index in [0.29, 0.717) is 27.7 Å². The fourth-order valence-electron chi connectivity index (χ4n) is 3.84. The summed E-state index contributed by atoms with van der Waals surface area (Å²) in [6, 6.07) is 20.7. The van der Waals surface area contributed by atoms with Gasteiger partial charge in [0.25, 0.3) is 0 Å². The molecule has 2 N–H and O–H groups in total. The number of carbonyl (C=O) groups is 1. The zero-order chi connectivity index (χ0) is 26.6. The highest BCUT2D eigenvalue weighted by atomic mass is 19.4. The van der Waals surface area contributed by atoms with Crippen molar-refractivity contribution in [1.82, 2.24) is 4.98 Å². The zero-order valence-electron chi connectivity index (χ0n) is 20.1. The molecule has 0 bridgehead atoms. The molecular formula is C29H24F3N3O2. The number of benzene rings is 3. The van der Waals surface area contributed by atoms with Gasteiger partial charge in [0, 0.05) is 37.3 Å². The molecule has 0 aliphatic carbocycles. The molecule has 0 spiro atoms. The number of hydrogen-bond donors (Lipinski definition) is 2. The average molecular weight is 504 g/mol. The van der Waals surface area contributed by atoms with Crippen LogP contribution in [0, 0.1) is 0 Å². The second kappa shape index (κ2) is 10.6. The fourth-order valence-corrected chi connectivity index (χ4v) is 3.84. The van der Waals surface area contributed by atoms with E-state index in [9.17, 15) is 22.8 Å². The Morgan fingerprint density at radius 1 is 0.892 bits per heavy atom. The number of alkyl halides is 3. The van der Waals surface area contributed by atoms with Gasteiger partial charge in [-0.3, -0.25) is 9.59 Å². The van der Waals surface area contributed by atoms with Crippen LogP contribution in [0.5, 0.6) is 0 Å². The summed E-state index contributed by atoms with van der Waals surface area (Å²) in [7, 11) is 3.83. The van der Waals surface area contributed by atoms with Crippen LogP contribution in [-0.2, 0) is 11.0 Å². The molecule has 1 amide bonds. The molecule has 5 nitrogen and oxygen atoms in total. The van der Waals surface area contributed by atoms with Crippen LogP contribution in [0.4, 0.5) is 24.5 Å². The minimum atomic E-state index is -4.43. The zero-order valence-corrected chi connectivity index (χ0v) is 20.1. The number of anilines is 2. The molecule has 1 aromatic heterocycles. The molecule has 0 fully saturated rings. The normalized spacial score (nSPS) is 12.2. The average Bonchev–Trinajstić information content (AvgIpc) is 2.86. The summed E-state index contributed by atoms with van der Waals surface area (Å²) in [6.45, 7) is 0. The molecule has 1 heterocycles. The molecule has 8 heteroatoms. The van der Waals surface area contributed by atoms with Crippen molar-refractivity contribution < 1.29 is 18.0 Å². The summed E-state index contributed by atoms with van der Waals surface area (Å²) in [4.78, 5) is 28.8. The highest BCUT2D eigenvalue weighted by Gasteiger charge is 2.30. The Kier molecular flexibility index (Phi) is 7.29. The van der Waals surface area contributed by atoms with Crippen molar-refractivity contribution in [3.05, 3.63) is 124 Å². The number of amides is 1. The molecule has 188 valence electrons. The monoisotopic (exact) mass is 503 g/mol. The van der Waals surface area contributed by atoms with Gasteiger partial charge in [-0.25, -0.2) is 0 Å². The maximum Gasteiger partial charge on any atom is 0.416 e. The first kappa shape index (κ1) is 25.5. The van der Waals surface area contributed by atoms with Crippen molar-refractivity contribution in [1.29, 1.82) is 0 Å². The van der Waals surface area contributed by atoms with Gasteiger partial charge < -0.3 is 15.2 Å². The van der Waals surface area contributed by atoms with E-state index in [4.69, 9.17) is 0 Å². The van der Waals surface area contributed by atoms with Crippen LogP contribution in [0.25, 0.3) is 16.5 Å². The molecule has 0 saturated carbocycles. The van der Waals surface area contributed by atoms with Crippen LogP contribution in [0.3, 0.4) is 0 Å². The van der Waals surface area contributed by atoms with Crippen molar-refractivity contribution >= 4 is 33.8 Å². The van der Waals surface area contributed by atoms with Crippen LogP contribution >= 0.6 is 0 Å². The van der Waals surface area contributed by atoms with Gasteiger partial charge in [-0.2, -0.15) is 13.2 Å². The molecule has 0 atom stereocenters. The third-order valence-electron chi connectivity index (χ3n) is 5.75. The van der Waals surface area contributed by atoms with Crippen molar-refractivity contribution in [2.45, 2.75) is 6.18 Å². The summed E-state index contributed by atoms with van der Waals surface area (Å²) >= 11 is 0. The van der Waals surface area contributed by atoms with E-state index < -0.39 is 17.6 Å². The van der Waals surface area contributed by atoms with Gasteiger partial charge in [0.15, 0.2) is 0 Å². The molecule has 4 aromatic rings. The fraction of sp³-hybridized carbons (Fsp3) is 0.103. The Hall–Kier alpha value is -4.59. The van der Waals surface area contributed by atoms with Crippen molar-refractivity contribution in [3.8, 4) is 0 Å². The lowest BCUT2D eigenvalue weighted by molar-refractivity contribution is -0.137. The van der Waals surface area contributed by atoms with E-state index in [1.807, 2.05) is 43.3 Å². The first-order valence-corrected chi connectivity index (χ1v) is 11.4. The number of rotatable bonds is 6. The molecule has 0 unspecified atom stereocenters. The lowest BCUT2D eigenvalue weighted by Gasteiger charge is -2.14. The van der Waals surface area contributed by atoms with E-state index >= 15 is 0 Å². The number of nitrogens with zero attached hydrogens (tertiary/aromatic N) is 1.